The number of carbonyl (C=O) groups excluding carboxylic acids is 4. The highest BCUT2D eigenvalue weighted by Crippen LogP contribution is 2.41. The first-order chi connectivity index (χ1) is 22.3. The first-order valence-corrected chi connectivity index (χ1v) is 15.3. The average Bonchev–Trinajstić information content (AvgIpc) is 3.50. The van der Waals surface area contributed by atoms with Crippen LogP contribution in [0, 0.1) is 24.1 Å². The van der Waals surface area contributed by atoms with E-state index in [1.54, 1.807) is 19.2 Å². The second kappa shape index (κ2) is 12.8. The minimum Gasteiger partial charge on any atom is -0.481 e. The molecule has 1 aliphatic carbocycles. The average molecular weight is 644 g/mol. The van der Waals surface area contributed by atoms with Crippen LogP contribution in [-0.2, 0) is 25.6 Å². The number of halogens is 1. The number of rotatable bonds is 6. The van der Waals surface area contributed by atoms with E-state index in [9.17, 15) is 33.5 Å². The molecule has 3 aliphatic heterocycles. The molecule has 12 nitrogen and oxygen atoms in total. The molecule has 1 aromatic heterocycles. The monoisotopic (exact) mass is 643 g/mol. The number of aromatic nitrogens is 1. The lowest BCUT2D eigenvalue weighted by atomic mass is 9.89. The highest BCUT2D eigenvalue weighted by molar-refractivity contribution is 6.33. The number of aliphatic imine (C=N–C) groups is 1. The fourth-order valence-electron chi connectivity index (χ4n) is 5.71. The zero-order chi connectivity index (χ0) is 34.2. The number of nitrogens with zero attached hydrogens (tertiary/aromatic N) is 4. The van der Waals surface area contributed by atoms with E-state index in [0.29, 0.717) is 30.4 Å². The maximum atomic E-state index is 14.7. The van der Waals surface area contributed by atoms with Gasteiger partial charge in [0, 0.05) is 23.4 Å². The highest BCUT2D eigenvalue weighted by Gasteiger charge is 2.44. The van der Waals surface area contributed by atoms with Gasteiger partial charge >= 0.3 is 5.97 Å². The zero-order valence-corrected chi connectivity index (χ0v) is 26.5. The summed E-state index contributed by atoms with van der Waals surface area (Å²) in [6, 6.07) is 3.94. The predicted octanol–water partition coefficient (Wildman–Crippen LogP) is 3.56. The van der Waals surface area contributed by atoms with Crippen molar-refractivity contribution in [2.45, 2.75) is 65.3 Å². The van der Waals surface area contributed by atoms with Crippen LogP contribution in [0.2, 0.25) is 0 Å². The van der Waals surface area contributed by atoms with Gasteiger partial charge in [-0.3, -0.25) is 29.1 Å². The fraction of sp³-hybridized carbons (Fsp3) is 0.382. The van der Waals surface area contributed by atoms with Gasteiger partial charge in [0.2, 0.25) is 0 Å². The van der Waals surface area contributed by atoms with E-state index >= 15 is 0 Å². The number of amides is 4. The molecular weight excluding hydrogens is 609 g/mol. The number of ether oxygens (including phenoxy) is 1. The summed E-state index contributed by atoms with van der Waals surface area (Å²) in [5, 5.41) is 12.0. The third-order valence-electron chi connectivity index (χ3n) is 8.82. The van der Waals surface area contributed by atoms with E-state index in [-0.39, 0.29) is 65.1 Å². The second-order valence-electron chi connectivity index (χ2n) is 12.0. The smallest absolute Gasteiger partial charge is 0.338 e. The van der Waals surface area contributed by atoms with Gasteiger partial charge in [-0.15, -0.1) is 6.42 Å². The number of hydrogen-bond donors (Lipinski definition) is 2. The van der Waals surface area contributed by atoms with Crippen LogP contribution >= 0.6 is 0 Å². The highest BCUT2D eigenvalue weighted by atomic mass is 19.1. The molecule has 6 rings (SSSR count). The molecule has 13 heteroatoms. The summed E-state index contributed by atoms with van der Waals surface area (Å²) in [5.41, 5.74) is 1.19. The summed E-state index contributed by atoms with van der Waals surface area (Å²) in [6.45, 7) is 7.20. The Morgan fingerprint density at radius 2 is 1.79 bits per heavy atom. The first kappa shape index (κ1) is 33.0. The Labute approximate surface area is 270 Å². The van der Waals surface area contributed by atoms with Crippen LogP contribution in [0.5, 0.6) is 5.75 Å². The van der Waals surface area contributed by atoms with Crippen molar-refractivity contribution in [2.75, 3.05) is 23.0 Å². The molecule has 2 aromatic rings. The number of carboxylic acids is 1. The Hall–Kier alpha value is -5.38. The van der Waals surface area contributed by atoms with Crippen LogP contribution in [0.3, 0.4) is 0 Å². The lowest BCUT2D eigenvalue weighted by molar-refractivity contribution is -0.124. The van der Waals surface area contributed by atoms with E-state index in [1.165, 1.54) is 11.0 Å². The molecule has 0 saturated heterocycles. The van der Waals surface area contributed by atoms with E-state index in [0.717, 1.165) is 29.4 Å². The summed E-state index contributed by atoms with van der Waals surface area (Å²) in [6.07, 6.45) is 10.3. The number of imide groups is 1. The van der Waals surface area contributed by atoms with Gasteiger partial charge in [-0.1, -0.05) is 26.7 Å². The van der Waals surface area contributed by atoms with E-state index in [4.69, 9.17) is 11.2 Å². The maximum Gasteiger partial charge on any atom is 0.338 e. The molecule has 1 aromatic carbocycles. The fourth-order valence-corrected chi connectivity index (χ4v) is 5.71. The summed E-state index contributed by atoms with van der Waals surface area (Å²) >= 11 is 0. The van der Waals surface area contributed by atoms with Gasteiger partial charge in [-0.25, -0.2) is 19.1 Å². The number of aromatic carboxylic acids is 1. The Bertz CT molecular complexity index is 1800. The van der Waals surface area contributed by atoms with Crippen LogP contribution in [0.25, 0.3) is 0 Å². The molecular formula is C34H34FN5O7. The van der Waals surface area contributed by atoms with E-state index in [1.807, 2.05) is 20.8 Å². The van der Waals surface area contributed by atoms with Crippen molar-refractivity contribution in [1.29, 1.82) is 0 Å². The Kier molecular flexibility index (Phi) is 8.98. The molecule has 0 fully saturated rings. The van der Waals surface area contributed by atoms with Gasteiger partial charge < -0.3 is 15.2 Å². The van der Waals surface area contributed by atoms with Gasteiger partial charge in [0.1, 0.15) is 17.0 Å². The summed E-state index contributed by atoms with van der Waals surface area (Å²) in [7, 11) is 0. The molecule has 4 aliphatic rings. The van der Waals surface area contributed by atoms with Gasteiger partial charge in [-0.2, -0.15) is 0 Å². The Morgan fingerprint density at radius 3 is 2.34 bits per heavy atom. The van der Waals surface area contributed by atoms with Crippen molar-refractivity contribution >= 4 is 46.8 Å². The molecule has 4 heterocycles. The molecule has 1 atom stereocenters. The van der Waals surface area contributed by atoms with E-state index < -0.39 is 29.1 Å². The van der Waals surface area contributed by atoms with Gasteiger partial charge in [0.15, 0.2) is 18.3 Å². The van der Waals surface area contributed by atoms with E-state index in [2.05, 4.69) is 21.2 Å². The van der Waals surface area contributed by atoms with Gasteiger partial charge in [-0.05, 0) is 62.6 Å². The van der Waals surface area contributed by atoms with Crippen molar-refractivity contribution in [1.82, 2.24) is 10.3 Å². The Morgan fingerprint density at radius 1 is 1.13 bits per heavy atom. The number of carbonyl (C=O) groups is 5. The SMILES string of the molecule is C#CCN1C(=O)COc2cc(F)c(N3C(=O)C4=C(CCCC4)C3=O)cc21.CCc1cnc(C2=NC(C)(C(C)C)C(=O)N2)c(C(=O)O)c1. The molecule has 2 N–H and O–H groups in total. The normalized spacial score (nSPS) is 20.2. The number of pyridine rings is 1. The molecule has 244 valence electrons. The molecule has 47 heavy (non-hydrogen) atoms. The standard InChI is InChI=1S/C19H15FN2O4.C15H19N3O3/c1-2-7-21-15-9-14(13(20)8-16(15)26-10-17(21)23)22-18(24)11-5-3-4-6-12(11)19(22)25;1-5-9-6-10(13(19)20)11(16-7-9)12-17-14(21)15(4,18-12)8(2)3/h1,8-9H,3-7,10H2;6-8H,5H2,1-4H3,(H,19,20)(H,17,18,21). The first-order valence-electron chi connectivity index (χ1n) is 15.3. The molecule has 0 saturated carbocycles. The van der Waals surface area contributed by atoms with Crippen molar-refractivity contribution < 1.29 is 38.2 Å². The minimum atomic E-state index is -1.08. The van der Waals surface area contributed by atoms with Crippen molar-refractivity contribution in [2.24, 2.45) is 10.9 Å². The number of fused-ring (bicyclic) bond motifs is 1. The zero-order valence-electron chi connectivity index (χ0n) is 26.5. The second-order valence-corrected chi connectivity index (χ2v) is 12.0. The Balaban J connectivity index is 0.000000189. The van der Waals surface area contributed by atoms with Crippen LogP contribution < -0.4 is 19.9 Å². The number of terminal acetylenes is 1. The molecule has 0 radical (unpaired) electrons. The number of hydrogen-bond acceptors (Lipinski definition) is 8. The molecule has 1 unspecified atom stereocenters. The van der Waals surface area contributed by atoms with Crippen molar-refractivity contribution in [3.8, 4) is 18.1 Å². The molecule has 4 amide bonds. The molecule has 0 spiro atoms. The summed E-state index contributed by atoms with van der Waals surface area (Å²) in [5.74, 6) is -0.675. The van der Waals surface area contributed by atoms with Gasteiger partial charge in [0.05, 0.1) is 23.5 Å². The molecule has 0 bridgehead atoms. The maximum absolute atomic E-state index is 14.7. The number of aryl methyl sites for hydroxylation is 1. The summed E-state index contributed by atoms with van der Waals surface area (Å²) in [4.78, 5) is 71.7. The predicted molar refractivity (Wildman–Crippen MR) is 170 cm³/mol. The van der Waals surface area contributed by atoms with Crippen molar-refractivity contribution in [3.05, 3.63) is 58.2 Å². The number of amidine groups is 1. The van der Waals surface area contributed by atoms with Crippen molar-refractivity contribution in [3.63, 3.8) is 0 Å². The number of anilines is 2. The van der Waals surface area contributed by atoms with Crippen LogP contribution in [0.4, 0.5) is 15.8 Å². The summed E-state index contributed by atoms with van der Waals surface area (Å²) < 4.78 is 19.9. The third kappa shape index (κ3) is 5.87. The number of benzene rings is 1. The quantitative estimate of drug-likeness (QED) is 0.357. The minimum absolute atomic E-state index is 0.00167. The largest absolute Gasteiger partial charge is 0.481 e. The number of nitrogens with one attached hydrogen (secondary N) is 1. The lowest BCUT2D eigenvalue weighted by Crippen LogP contribution is -2.41. The number of carboxylic acid groups (broad SMARTS) is 1. The van der Waals surface area contributed by atoms with Gasteiger partial charge in [0.25, 0.3) is 23.6 Å². The van der Waals surface area contributed by atoms with Crippen LogP contribution in [0.15, 0.2) is 40.5 Å². The van der Waals surface area contributed by atoms with Crippen LogP contribution in [0.1, 0.15) is 75.0 Å². The third-order valence-corrected chi connectivity index (χ3v) is 8.82. The van der Waals surface area contributed by atoms with Crippen LogP contribution in [-0.4, -0.2) is 64.2 Å². The topological polar surface area (TPSA) is 159 Å². The lowest BCUT2D eigenvalue weighted by Gasteiger charge is -2.29.